The van der Waals surface area contributed by atoms with Gasteiger partial charge in [0.25, 0.3) is 0 Å². The van der Waals surface area contributed by atoms with Crippen LogP contribution in [0.3, 0.4) is 0 Å². The highest BCUT2D eigenvalue weighted by molar-refractivity contribution is 8.01. The molecule has 1 saturated heterocycles. The van der Waals surface area contributed by atoms with Crippen LogP contribution in [-0.2, 0) is 9.47 Å². The molecule has 8 nitrogen and oxygen atoms in total. The first-order valence-corrected chi connectivity index (χ1v) is 11.9. The summed E-state index contributed by atoms with van der Waals surface area (Å²) in [6, 6.07) is 12.7. The van der Waals surface area contributed by atoms with Crippen LogP contribution in [0.2, 0.25) is 0 Å². The van der Waals surface area contributed by atoms with Crippen molar-refractivity contribution in [3.05, 3.63) is 48.0 Å². The predicted octanol–water partition coefficient (Wildman–Crippen LogP) is 3.69. The van der Waals surface area contributed by atoms with Crippen LogP contribution in [0.5, 0.6) is 0 Å². The lowest BCUT2D eigenvalue weighted by Gasteiger charge is -2.26. The average molecular weight is 473 g/mol. The van der Waals surface area contributed by atoms with Crippen LogP contribution in [-0.4, -0.2) is 68.4 Å². The average Bonchev–Trinajstić information content (AvgIpc) is 3.21. The molecule has 0 unspecified atom stereocenters. The summed E-state index contributed by atoms with van der Waals surface area (Å²) in [6.07, 6.45) is 0. The Morgan fingerprint density at radius 1 is 1.19 bits per heavy atom. The third kappa shape index (κ3) is 5.98. The number of methoxy groups -OCH3 is 1. The normalized spacial score (nSPS) is 14.3. The summed E-state index contributed by atoms with van der Waals surface area (Å²) in [7, 11) is 1.37. The highest BCUT2D eigenvalue weighted by Crippen LogP contribution is 2.35. The molecule has 32 heavy (non-hydrogen) atoms. The Hall–Kier alpha value is -2.66. The van der Waals surface area contributed by atoms with Gasteiger partial charge in [-0.05, 0) is 42.5 Å². The number of nitrogens with zero attached hydrogens (tertiary/aromatic N) is 2. The number of carbonyl (C=O) groups excluding carboxylic acids is 2. The predicted molar refractivity (Wildman–Crippen MR) is 126 cm³/mol. The third-order valence-corrected chi connectivity index (χ3v) is 7.01. The molecule has 3 aromatic rings. The maximum atomic E-state index is 12.2. The fourth-order valence-electron chi connectivity index (χ4n) is 3.23. The molecule has 2 heterocycles. The molecule has 2 amide bonds. The van der Waals surface area contributed by atoms with Crippen LogP contribution in [0, 0.1) is 0 Å². The van der Waals surface area contributed by atoms with Crippen molar-refractivity contribution in [2.24, 2.45) is 0 Å². The number of hydrogen-bond donors (Lipinski definition) is 2. The lowest BCUT2D eigenvalue weighted by molar-refractivity contribution is 0.0388. The number of anilines is 1. The second kappa shape index (κ2) is 10.8. The van der Waals surface area contributed by atoms with Crippen LogP contribution in [0.1, 0.15) is 10.4 Å². The Kier molecular flexibility index (Phi) is 7.59. The number of aromatic nitrogens is 1. The fourth-order valence-corrected chi connectivity index (χ4v) is 5.31. The zero-order valence-corrected chi connectivity index (χ0v) is 19.3. The summed E-state index contributed by atoms with van der Waals surface area (Å²) in [4.78, 5) is 31.7. The van der Waals surface area contributed by atoms with E-state index in [1.165, 1.54) is 18.9 Å². The molecular formula is C22H24N4O4S2. The summed E-state index contributed by atoms with van der Waals surface area (Å²) in [5, 5.41) is 5.79. The van der Waals surface area contributed by atoms with Gasteiger partial charge in [0, 0.05) is 36.8 Å². The summed E-state index contributed by atoms with van der Waals surface area (Å²) >= 11 is 3.08. The number of esters is 1. The zero-order valence-electron chi connectivity index (χ0n) is 17.6. The second-order valence-electron chi connectivity index (χ2n) is 7.12. The number of amides is 2. The lowest BCUT2D eigenvalue weighted by atomic mass is 10.2. The summed E-state index contributed by atoms with van der Waals surface area (Å²) < 4.78 is 11.9. The number of carbonyl (C=O) groups is 2. The topological polar surface area (TPSA) is 92.8 Å². The zero-order chi connectivity index (χ0) is 22.3. The molecule has 0 radical (unpaired) electrons. The quantitative estimate of drug-likeness (QED) is 0.507. The molecule has 0 bridgehead atoms. The van der Waals surface area contributed by atoms with Crippen molar-refractivity contribution in [1.82, 2.24) is 15.2 Å². The van der Waals surface area contributed by atoms with Gasteiger partial charge in [0.15, 0.2) is 4.34 Å². The molecule has 2 aromatic carbocycles. The van der Waals surface area contributed by atoms with Gasteiger partial charge in [0.2, 0.25) is 0 Å². The number of thiazole rings is 1. The first-order chi connectivity index (χ1) is 15.6. The monoisotopic (exact) mass is 472 g/mol. The molecule has 0 saturated carbocycles. The van der Waals surface area contributed by atoms with Crippen LogP contribution >= 0.6 is 23.1 Å². The summed E-state index contributed by atoms with van der Waals surface area (Å²) in [5.41, 5.74) is 2.12. The van der Waals surface area contributed by atoms with Gasteiger partial charge in [-0.2, -0.15) is 0 Å². The summed E-state index contributed by atoms with van der Waals surface area (Å²) in [5.74, 6) is -0.355. The van der Waals surface area contributed by atoms with E-state index in [1.807, 2.05) is 30.3 Å². The number of benzene rings is 2. The Labute approximate surface area is 194 Å². The van der Waals surface area contributed by atoms with Crippen LogP contribution in [0.25, 0.3) is 10.2 Å². The van der Waals surface area contributed by atoms with Crippen LogP contribution < -0.4 is 10.6 Å². The minimum atomic E-state index is -0.355. The van der Waals surface area contributed by atoms with E-state index in [4.69, 9.17) is 9.47 Å². The molecule has 1 aliphatic rings. The Bertz CT molecular complexity index is 1080. The van der Waals surface area contributed by atoms with Gasteiger partial charge >= 0.3 is 12.0 Å². The number of urea groups is 1. The number of hydrogen-bond acceptors (Lipinski definition) is 8. The Balaban J connectivity index is 1.32. The van der Waals surface area contributed by atoms with E-state index in [1.54, 1.807) is 23.5 Å². The van der Waals surface area contributed by atoms with Crippen molar-refractivity contribution in [1.29, 1.82) is 0 Å². The third-order valence-electron chi connectivity index (χ3n) is 4.92. The van der Waals surface area contributed by atoms with E-state index in [2.05, 4.69) is 20.5 Å². The van der Waals surface area contributed by atoms with Gasteiger partial charge in [-0.25, -0.2) is 14.6 Å². The highest BCUT2D eigenvalue weighted by Gasteiger charge is 2.12. The van der Waals surface area contributed by atoms with Crippen LogP contribution in [0.15, 0.2) is 51.7 Å². The first-order valence-electron chi connectivity index (χ1n) is 10.2. The first kappa shape index (κ1) is 22.5. The van der Waals surface area contributed by atoms with E-state index in [0.29, 0.717) is 12.1 Å². The van der Waals surface area contributed by atoms with E-state index < -0.39 is 0 Å². The van der Waals surface area contributed by atoms with Crippen molar-refractivity contribution in [3.8, 4) is 0 Å². The van der Waals surface area contributed by atoms with Gasteiger partial charge < -0.3 is 20.1 Å². The van der Waals surface area contributed by atoms with Gasteiger partial charge in [0.1, 0.15) is 0 Å². The number of rotatable bonds is 7. The maximum Gasteiger partial charge on any atom is 0.337 e. The number of fused-ring (bicyclic) bond motifs is 1. The SMILES string of the molecule is COC(=O)c1ccc(Sc2nc3ccc(NC(=O)NCCN4CCOCC4)cc3s2)cc1. The minimum absolute atomic E-state index is 0.220. The van der Waals surface area contributed by atoms with Crippen LogP contribution in [0.4, 0.5) is 10.5 Å². The number of ether oxygens (including phenoxy) is 2. The lowest BCUT2D eigenvalue weighted by Crippen LogP contribution is -2.42. The minimum Gasteiger partial charge on any atom is -0.465 e. The molecule has 1 aromatic heterocycles. The maximum absolute atomic E-state index is 12.2. The van der Waals surface area contributed by atoms with E-state index in [0.717, 1.165) is 58.0 Å². The van der Waals surface area contributed by atoms with Crippen molar-refractivity contribution in [2.75, 3.05) is 51.8 Å². The molecule has 1 aliphatic heterocycles. The van der Waals surface area contributed by atoms with Gasteiger partial charge in [-0.1, -0.05) is 11.8 Å². The largest absolute Gasteiger partial charge is 0.465 e. The molecule has 0 aliphatic carbocycles. The Morgan fingerprint density at radius 2 is 1.97 bits per heavy atom. The van der Waals surface area contributed by atoms with E-state index >= 15 is 0 Å². The molecule has 168 valence electrons. The van der Waals surface area contributed by atoms with Gasteiger partial charge in [-0.3, -0.25) is 4.90 Å². The smallest absolute Gasteiger partial charge is 0.337 e. The van der Waals surface area contributed by atoms with Gasteiger partial charge in [-0.15, -0.1) is 11.3 Å². The van der Waals surface area contributed by atoms with Crippen molar-refractivity contribution in [3.63, 3.8) is 0 Å². The standard InChI is InChI=1S/C22H24N4O4S2/c1-29-20(27)15-2-5-17(6-3-15)31-22-25-18-7-4-16(14-19(18)32-22)24-21(28)23-8-9-26-10-12-30-13-11-26/h2-7,14H,8-13H2,1H3,(H2,23,24,28). The number of nitrogens with one attached hydrogen (secondary N) is 2. The molecule has 0 spiro atoms. The highest BCUT2D eigenvalue weighted by atomic mass is 32.2. The van der Waals surface area contributed by atoms with E-state index in [9.17, 15) is 9.59 Å². The van der Waals surface area contributed by atoms with Crippen molar-refractivity contribution < 1.29 is 19.1 Å². The second-order valence-corrected chi connectivity index (χ2v) is 9.47. The molecule has 4 rings (SSSR count). The van der Waals surface area contributed by atoms with E-state index in [-0.39, 0.29) is 12.0 Å². The molecule has 1 fully saturated rings. The number of morpholine rings is 1. The van der Waals surface area contributed by atoms with Crippen molar-refractivity contribution >= 4 is 51.0 Å². The Morgan fingerprint density at radius 3 is 2.72 bits per heavy atom. The fraction of sp³-hybridized carbons (Fsp3) is 0.318. The van der Waals surface area contributed by atoms with Crippen molar-refractivity contribution in [2.45, 2.75) is 9.24 Å². The molecular weight excluding hydrogens is 448 g/mol. The molecule has 0 atom stereocenters. The molecule has 10 heteroatoms. The van der Waals surface area contributed by atoms with Gasteiger partial charge in [0.05, 0.1) is 36.1 Å². The molecule has 2 N–H and O–H groups in total. The summed E-state index contributed by atoms with van der Waals surface area (Å²) in [6.45, 7) is 4.71.